The first kappa shape index (κ1) is 14.1. The third-order valence-corrected chi connectivity index (χ3v) is 4.96. The van der Waals surface area contributed by atoms with Gasteiger partial charge in [-0.1, -0.05) is 0 Å². The van der Waals surface area contributed by atoms with Gasteiger partial charge in [-0.25, -0.2) is 4.79 Å². The molecule has 3 aliphatic rings. The van der Waals surface area contributed by atoms with Crippen molar-refractivity contribution in [2.75, 3.05) is 26.2 Å². The molecular formula is C11H19N3O5S. The molecule has 3 fully saturated rings. The number of fused-ring (bicyclic) bond motifs is 2. The predicted octanol–water partition coefficient (Wildman–Crippen LogP) is -0.00940. The molecule has 3 aliphatic heterocycles. The highest BCUT2D eigenvalue weighted by atomic mass is 32.3. The van der Waals surface area contributed by atoms with Gasteiger partial charge in [-0.15, -0.1) is 4.28 Å². The molecule has 8 nitrogen and oxygen atoms in total. The maximum atomic E-state index is 12.2. The van der Waals surface area contributed by atoms with E-state index in [0.717, 1.165) is 37.4 Å². The van der Waals surface area contributed by atoms with E-state index in [1.165, 1.54) is 0 Å². The van der Waals surface area contributed by atoms with Gasteiger partial charge in [-0.3, -0.25) is 4.55 Å². The fourth-order valence-electron chi connectivity index (χ4n) is 3.77. The Hall–Kier alpha value is -0.900. The Morgan fingerprint density at radius 2 is 2.05 bits per heavy atom. The van der Waals surface area contributed by atoms with Gasteiger partial charge in [0.25, 0.3) is 0 Å². The Bertz CT molecular complexity index is 504. The van der Waals surface area contributed by atoms with Crippen molar-refractivity contribution >= 4 is 16.4 Å². The van der Waals surface area contributed by atoms with E-state index in [0.29, 0.717) is 19.5 Å². The van der Waals surface area contributed by atoms with Crippen molar-refractivity contribution in [3.05, 3.63) is 0 Å². The molecule has 0 aromatic heterocycles. The molecule has 0 spiro atoms. The minimum absolute atomic E-state index is 0.180. The molecule has 0 unspecified atom stereocenters. The molecule has 3 saturated heterocycles. The third-order valence-electron chi connectivity index (χ3n) is 4.62. The molecular weight excluding hydrogens is 286 g/mol. The van der Waals surface area contributed by atoms with Crippen molar-refractivity contribution < 1.29 is 22.0 Å². The summed E-state index contributed by atoms with van der Waals surface area (Å²) in [6, 6.07) is -0.460. The maximum Gasteiger partial charge on any atom is 0.418 e. The Morgan fingerprint density at radius 3 is 2.70 bits per heavy atom. The number of piperidine rings is 2. The highest BCUT2D eigenvalue weighted by Crippen LogP contribution is 2.44. The number of nitrogens with zero attached hydrogens (tertiary/aromatic N) is 2. The zero-order valence-corrected chi connectivity index (χ0v) is 11.9. The van der Waals surface area contributed by atoms with Crippen LogP contribution in [-0.2, 0) is 14.7 Å². The van der Waals surface area contributed by atoms with Crippen LogP contribution in [0.3, 0.4) is 0 Å². The molecule has 2 N–H and O–H groups in total. The average Bonchev–Trinajstić information content (AvgIpc) is 2.60. The fraction of sp³-hybridized carbons (Fsp3) is 0.909. The molecule has 0 radical (unpaired) electrons. The lowest BCUT2D eigenvalue weighted by Gasteiger charge is -2.44. The van der Waals surface area contributed by atoms with E-state index >= 15 is 0 Å². The second kappa shape index (κ2) is 4.83. The van der Waals surface area contributed by atoms with Crippen molar-refractivity contribution in [3.8, 4) is 0 Å². The monoisotopic (exact) mass is 305 g/mol. The van der Waals surface area contributed by atoms with Crippen LogP contribution in [0, 0.1) is 5.92 Å². The Labute approximate surface area is 118 Å². The summed E-state index contributed by atoms with van der Waals surface area (Å²) in [7, 11) is -4.69. The lowest BCUT2D eigenvalue weighted by molar-refractivity contribution is -0.110. The van der Waals surface area contributed by atoms with E-state index in [-0.39, 0.29) is 5.92 Å². The number of carbonyl (C=O) groups excluding carboxylic acids is 1. The van der Waals surface area contributed by atoms with Gasteiger partial charge in [-0.05, 0) is 44.7 Å². The lowest BCUT2D eigenvalue weighted by atomic mass is 9.74. The molecule has 2 amide bonds. The summed E-state index contributed by atoms with van der Waals surface area (Å²) in [5, 5.41) is 4.18. The van der Waals surface area contributed by atoms with E-state index in [2.05, 4.69) is 9.60 Å². The van der Waals surface area contributed by atoms with E-state index < -0.39 is 22.0 Å². The molecule has 0 aromatic carbocycles. The minimum Gasteiger partial charge on any atom is -0.320 e. The van der Waals surface area contributed by atoms with Crippen molar-refractivity contribution in [1.82, 2.24) is 15.3 Å². The Morgan fingerprint density at radius 1 is 1.35 bits per heavy atom. The van der Waals surface area contributed by atoms with Crippen LogP contribution in [0.1, 0.15) is 25.7 Å². The molecule has 2 bridgehead atoms. The number of urea groups is 1. The van der Waals surface area contributed by atoms with Gasteiger partial charge in [0.2, 0.25) is 0 Å². The van der Waals surface area contributed by atoms with Crippen LogP contribution in [0.2, 0.25) is 0 Å². The third kappa shape index (κ3) is 2.28. The predicted molar refractivity (Wildman–Crippen MR) is 69.0 cm³/mol. The van der Waals surface area contributed by atoms with Gasteiger partial charge in [-0.2, -0.15) is 13.5 Å². The summed E-state index contributed by atoms with van der Waals surface area (Å²) in [4.78, 5) is 13.9. The molecule has 9 heteroatoms. The standard InChI is InChI=1S/C11H19N3O5S/c15-10-13-7-1-4-11(8-13,9-2-5-12-6-3-9)14(10)19-20(16,17)18/h9,12H,1-8H2,(H,16,17,18)/t11-/m0/s1. The van der Waals surface area contributed by atoms with Crippen LogP contribution in [-0.4, -0.2) is 60.7 Å². The largest absolute Gasteiger partial charge is 0.418 e. The molecule has 3 heterocycles. The van der Waals surface area contributed by atoms with Crippen LogP contribution in [0.25, 0.3) is 0 Å². The first-order chi connectivity index (χ1) is 9.42. The zero-order chi connectivity index (χ0) is 14.4. The zero-order valence-electron chi connectivity index (χ0n) is 11.1. The van der Waals surface area contributed by atoms with Crippen LogP contribution in [0.4, 0.5) is 4.79 Å². The Kier molecular flexibility index (Phi) is 3.39. The smallest absolute Gasteiger partial charge is 0.320 e. The van der Waals surface area contributed by atoms with Gasteiger partial charge in [0.1, 0.15) is 0 Å². The first-order valence-electron chi connectivity index (χ1n) is 6.89. The lowest BCUT2D eigenvalue weighted by Crippen LogP contribution is -2.56. The number of hydrogen-bond donors (Lipinski definition) is 2. The molecule has 1 atom stereocenters. The van der Waals surface area contributed by atoms with Gasteiger partial charge in [0.15, 0.2) is 0 Å². The molecule has 20 heavy (non-hydrogen) atoms. The van der Waals surface area contributed by atoms with Crippen LogP contribution in [0.15, 0.2) is 0 Å². The highest BCUT2D eigenvalue weighted by Gasteiger charge is 2.58. The minimum atomic E-state index is -4.69. The van der Waals surface area contributed by atoms with Crippen LogP contribution in [0.5, 0.6) is 0 Å². The topological polar surface area (TPSA) is 99.2 Å². The van der Waals surface area contributed by atoms with E-state index in [1.807, 2.05) is 0 Å². The highest BCUT2D eigenvalue weighted by molar-refractivity contribution is 7.80. The van der Waals surface area contributed by atoms with Gasteiger partial charge < -0.3 is 10.2 Å². The number of amides is 2. The number of hydroxylamine groups is 2. The maximum absolute atomic E-state index is 12.2. The van der Waals surface area contributed by atoms with Crippen LogP contribution < -0.4 is 5.32 Å². The number of rotatable bonds is 3. The van der Waals surface area contributed by atoms with Crippen molar-refractivity contribution in [2.24, 2.45) is 5.92 Å². The van der Waals surface area contributed by atoms with Gasteiger partial charge >= 0.3 is 16.4 Å². The van der Waals surface area contributed by atoms with Gasteiger partial charge in [0.05, 0.1) is 5.54 Å². The fourth-order valence-corrected chi connectivity index (χ4v) is 4.17. The summed E-state index contributed by atoms with van der Waals surface area (Å²) < 4.78 is 35.7. The van der Waals surface area contributed by atoms with Crippen molar-refractivity contribution in [2.45, 2.75) is 31.2 Å². The summed E-state index contributed by atoms with van der Waals surface area (Å²) in [5.41, 5.74) is -0.632. The van der Waals surface area contributed by atoms with Crippen molar-refractivity contribution in [3.63, 3.8) is 0 Å². The normalized spacial score (nSPS) is 31.9. The molecule has 0 aromatic rings. The number of carbonyl (C=O) groups is 1. The second-order valence-corrected chi connectivity index (χ2v) is 6.74. The molecule has 114 valence electrons. The average molecular weight is 305 g/mol. The summed E-state index contributed by atoms with van der Waals surface area (Å²) in [6.45, 7) is 2.78. The number of nitrogens with one attached hydrogen (secondary N) is 1. The number of hydrogen-bond acceptors (Lipinski definition) is 5. The second-order valence-electron chi connectivity index (χ2n) is 5.73. The van der Waals surface area contributed by atoms with Crippen molar-refractivity contribution in [1.29, 1.82) is 0 Å². The summed E-state index contributed by atoms with van der Waals surface area (Å²) in [5.74, 6) is 0.180. The molecule has 3 rings (SSSR count). The first-order valence-corrected chi connectivity index (χ1v) is 8.26. The Balaban J connectivity index is 1.93. The molecule has 0 saturated carbocycles. The quantitative estimate of drug-likeness (QED) is 0.712. The van der Waals surface area contributed by atoms with E-state index in [9.17, 15) is 13.2 Å². The summed E-state index contributed by atoms with van der Waals surface area (Å²) >= 11 is 0. The molecule has 0 aliphatic carbocycles. The van der Waals surface area contributed by atoms with Crippen LogP contribution >= 0.6 is 0 Å². The summed E-state index contributed by atoms with van der Waals surface area (Å²) in [6.07, 6.45) is 3.26. The van der Waals surface area contributed by atoms with Gasteiger partial charge in [0, 0.05) is 13.1 Å². The van der Waals surface area contributed by atoms with E-state index in [1.54, 1.807) is 4.90 Å². The SMILES string of the molecule is O=C1N2CCC[C@@](C3CCNCC3)(C2)N1OS(=O)(=O)O. The van der Waals surface area contributed by atoms with E-state index in [4.69, 9.17) is 4.55 Å².